The summed E-state index contributed by atoms with van der Waals surface area (Å²) in [5.41, 5.74) is -0.147. The summed E-state index contributed by atoms with van der Waals surface area (Å²) in [5.74, 6) is 0. The second-order valence-corrected chi connectivity index (χ2v) is 8.46. The maximum Gasteiger partial charge on any atom is 0.417 e. The van der Waals surface area contributed by atoms with Gasteiger partial charge in [-0.25, -0.2) is 9.78 Å². The van der Waals surface area contributed by atoms with Crippen LogP contribution in [-0.2, 0) is 12.7 Å². The third kappa shape index (κ3) is 3.76. The second-order valence-electron chi connectivity index (χ2n) is 8.08. The van der Waals surface area contributed by atoms with Gasteiger partial charge in [0.15, 0.2) is 0 Å². The SMILES string of the molecule is O=c1ccn(-c2ccc3c(c2)ncn3C2CCC2)c(=O)n1Cc1cccc(C(F)(F)F)c1Cl. The van der Waals surface area contributed by atoms with Crippen LogP contribution >= 0.6 is 11.6 Å². The second kappa shape index (κ2) is 7.91. The van der Waals surface area contributed by atoms with Gasteiger partial charge in [0, 0.05) is 18.3 Å². The van der Waals surface area contributed by atoms with Gasteiger partial charge in [0.2, 0.25) is 0 Å². The molecule has 0 N–H and O–H groups in total. The standard InChI is InChI=1S/C23H18ClF3N4O2/c24-21-14(3-1-6-17(21)23(25,26)27)12-30-20(32)9-10-29(22(30)33)16-7-8-19-18(11-16)28-13-31(19)15-4-2-5-15/h1,3,6-11,13,15H,2,4-5,12H2. The number of benzene rings is 2. The van der Waals surface area contributed by atoms with Crippen LogP contribution in [0.5, 0.6) is 0 Å². The minimum Gasteiger partial charge on any atom is -0.327 e. The Hall–Kier alpha value is -3.33. The van der Waals surface area contributed by atoms with Gasteiger partial charge in [0.05, 0.1) is 40.2 Å². The Morgan fingerprint density at radius 1 is 1.09 bits per heavy atom. The first-order chi connectivity index (χ1) is 15.7. The highest BCUT2D eigenvalue weighted by atomic mass is 35.5. The van der Waals surface area contributed by atoms with E-state index in [1.807, 2.05) is 6.07 Å². The Balaban J connectivity index is 1.55. The molecular formula is C23H18ClF3N4O2. The lowest BCUT2D eigenvalue weighted by Crippen LogP contribution is -2.38. The largest absolute Gasteiger partial charge is 0.417 e. The average Bonchev–Trinajstić information content (AvgIpc) is 3.13. The molecule has 0 saturated heterocycles. The van der Waals surface area contributed by atoms with Crippen molar-refractivity contribution in [3.8, 4) is 5.69 Å². The van der Waals surface area contributed by atoms with Crippen molar-refractivity contribution in [3.05, 3.63) is 92.0 Å². The molecule has 0 radical (unpaired) electrons. The predicted octanol–water partition coefficient (Wildman–Crippen LogP) is 4.79. The first-order valence-electron chi connectivity index (χ1n) is 10.4. The van der Waals surface area contributed by atoms with Crippen molar-refractivity contribution in [2.24, 2.45) is 0 Å². The van der Waals surface area contributed by atoms with Crippen molar-refractivity contribution in [2.75, 3.05) is 0 Å². The molecule has 0 aliphatic heterocycles. The zero-order chi connectivity index (χ0) is 23.3. The van der Waals surface area contributed by atoms with Crippen LogP contribution in [0.15, 0.2) is 64.6 Å². The zero-order valence-electron chi connectivity index (χ0n) is 17.2. The van der Waals surface area contributed by atoms with E-state index in [-0.39, 0.29) is 12.1 Å². The molecule has 0 spiro atoms. The number of rotatable bonds is 4. The Bertz CT molecular complexity index is 1480. The predicted molar refractivity (Wildman–Crippen MR) is 118 cm³/mol. The van der Waals surface area contributed by atoms with E-state index in [9.17, 15) is 22.8 Å². The number of hydrogen-bond acceptors (Lipinski definition) is 3. The highest BCUT2D eigenvalue weighted by Crippen LogP contribution is 2.36. The summed E-state index contributed by atoms with van der Waals surface area (Å²) in [4.78, 5) is 30.0. The van der Waals surface area contributed by atoms with Crippen molar-refractivity contribution >= 4 is 22.6 Å². The highest BCUT2D eigenvalue weighted by Gasteiger charge is 2.34. The van der Waals surface area contributed by atoms with Crippen molar-refractivity contribution in [2.45, 2.75) is 38.0 Å². The van der Waals surface area contributed by atoms with Crippen molar-refractivity contribution in [1.82, 2.24) is 18.7 Å². The van der Waals surface area contributed by atoms with Gasteiger partial charge in [0.1, 0.15) is 0 Å². The van der Waals surface area contributed by atoms with E-state index in [1.165, 1.54) is 35.4 Å². The number of fused-ring (bicyclic) bond motifs is 1. The number of aromatic nitrogens is 4. The molecule has 2 aromatic carbocycles. The summed E-state index contributed by atoms with van der Waals surface area (Å²) in [7, 11) is 0. The van der Waals surface area contributed by atoms with Crippen LogP contribution in [0, 0.1) is 0 Å². The monoisotopic (exact) mass is 474 g/mol. The maximum atomic E-state index is 13.2. The zero-order valence-corrected chi connectivity index (χ0v) is 18.0. The lowest BCUT2D eigenvalue weighted by atomic mass is 9.93. The molecule has 170 valence electrons. The Morgan fingerprint density at radius 3 is 2.58 bits per heavy atom. The molecule has 1 aliphatic rings. The lowest BCUT2D eigenvalue weighted by Gasteiger charge is -2.27. The normalized spacial score (nSPS) is 14.5. The fourth-order valence-electron chi connectivity index (χ4n) is 4.08. The van der Waals surface area contributed by atoms with Crippen LogP contribution in [-0.4, -0.2) is 18.7 Å². The van der Waals surface area contributed by atoms with Crippen LogP contribution < -0.4 is 11.2 Å². The molecule has 5 rings (SSSR count). The van der Waals surface area contributed by atoms with Gasteiger partial charge in [-0.05, 0) is 49.1 Å². The fourth-order valence-corrected chi connectivity index (χ4v) is 4.37. The number of nitrogens with zero attached hydrogens (tertiary/aromatic N) is 4. The van der Waals surface area contributed by atoms with E-state index >= 15 is 0 Å². The van der Waals surface area contributed by atoms with E-state index in [4.69, 9.17) is 11.6 Å². The van der Waals surface area contributed by atoms with Gasteiger partial charge in [-0.15, -0.1) is 0 Å². The Morgan fingerprint density at radius 2 is 1.88 bits per heavy atom. The lowest BCUT2D eigenvalue weighted by molar-refractivity contribution is -0.137. The number of imidazole rings is 1. The molecule has 0 unspecified atom stereocenters. The van der Waals surface area contributed by atoms with Crippen LogP contribution in [0.2, 0.25) is 5.02 Å². The molecular weight excluding hydrogens is 457 g/mol. The molecule has 4 aromatic rings. The van der Waals surface area contributed by atoms with E-state index < -0.39 is 28.0 Å². The van der Waals surface area contributed by atoms with Gasteiger partial charge in [0.25, 0.3) is 5.56 Å². The molecule has 1 fully saturated rings. The summed E-state index contributed by atoms with van der Waals surface area (Å²) in [6, 6.07) is 10.4. The van der Waals surface area contributed by atoms with Gasteiger partial charge < -0.3 is 4.57 Å². The van der Waals surface area contributed by atoms with Crippen LogP contribution in [0.3, 0.4) is 0 Å². The van der Waals surface area contributed by atoms with E-state index in [0.717, 1.165) is 29.0 Å². The number of hydrogen-bond donors (Lipinski definition) is 0. The van der Waals surface area contributed by atoms with Gasteiger partial charge in [-0.2, -0.15) is 13.2 Å². The van der Waals surface area contributed by atoms with Crippen LogP contribution in [0.25, 0.3) is 16.7 Å². The van der Waals surface area contributed by atoms with Gasteiger partial charge in [-0.3, -0.25) is 13.9 Å². The highest BCUT2D eigenvalue weighted by molar-refractivity contribution is 6.32. The van der Waals surface area contributed by atoms with Crippen LogP contribution in [0.4, 0.5) is 13.2 Å². The number of alkyl halides is 3. The summed E-state index contributed by atoms with van der Waals surface area (Å²) >= 11 is 5.96. The van der Waals surface area contributed by atoms with Gasteiger partial charge >= 0.3 is 11.9 Å². The van der Waals surface area contributed by atoms with E-state index in [2.05, 4.69) is 9.55 Å². The summed E-state index contributed by atoms with van der Waals surface area (Å²) in [6.45, 7) is -0.389. The van der Waals surface area contributed by atoms with E-state index in [1.54, 1.807) is 18.5 Å². The molecule has 6 nitrogen and oxygen atoms in total. The molecule has 0 bridgehead atoms. The molecule has 2 heterocycles. The maximum absolute atomic E-state index is 13.2. The molecule has 1 aliphatic carbocycles. The quantitative estimate of drug-likeness (QED) is 0.427. The van der Waals surface area contributed by atoms with Crippen molar-refractivity contribution < 1.29 is 13.2 Å². The Labute approximate surface area is 190 Å². The first kappa shape index (κ1) is 21.5. The molecule has 0 atom stereocenters. The third-order valence-corrected chi connectivity index (χ3v) is 6.53. The first-order valence-corrected chi connectivity index (χ1v) is 10.8. The third-order valence-electron chi connectivity index (χ3n) is 6.09. The topological polar surface area (TPSA) is 61.8 Å². The molecule has 10 heteroatoms. The van der Waals surface area contributed by atoms with E-state index in [0.29, 0.717) is 17.2 Å². The smallest absolute Gasteiger partial charge is 0.327 e. The number of halogens is 4. The molecule has 0 amide bonds. The van der Waals surface area contributed by atoms with Crippen LogP contribution in [0.1, 0.15) is 36.4 Å². The van der Waals surface area contributed by atoms with Crippen molar-refractivity contribution in [1.29, 1.82) is 0 Å². The fraction of sp³-hybridized carbons (Fsp3) is 0.261. The summed E-state index contributed by atoms with van der Waals surface area (Å²) < 4.78 is 43.8. The molecule has 2 aromatic heterocycles. The molecule has 33 heavy (non-hydrogen) atoms. The average molecular weight is 475 g/mol. The van der Waals surface area contributed by atoms with Crippen molar-refractivity contribution in [3.63, 3.8) is 0 Å². The molecule has 1 saturated carbocycles. The summed E-state index contributed by atoms with van der Waals surface area (Å²) in [5, 5.41) is -0.533. The summed E-state index contributed by atoms with van der Waals surface area (Å²) in [6.07, 6.45) is 1.89. The Kier molecular flexibility index (Phi) is 5.16. The van der Waals surface area contributed by atoms with Gasteiger partial charge in [-0.1, -0.05) is 23.7 Å². The minimum atomic E-state index is -4.65. The minimum absolute atomic E-state index is 0.0261.